The first kappa shape index (κ1) is 14.6. The highest BCUT2D eigenvalue weighted by atomic mass is 16.5. The average molecular weight is 262 g/mol. The first-order valence-corrected chi connectivity index (χ1v) is 5.72. The van der Waals surface area contributed by atoms with E-state index in [9.17, 15) is 4.79 Å². The standard InChI is InChI=1S/C13H18N4O2/c1-9(2)8-19-13(18)16-7-10-3-5-11(6-4-10)17-12(14)15/h3-6H,1,7-8H2,2H3,(H,16,18)(H4,14,15,17). The molecule has 0 fully saturated rings. The molecule has 0 aromatic heterocycles. The van der Waals surface area contributed by atoms with Gasteiger partial charge in [-0.2, -0.15) is 0 Å². The normalized spacial score (nSPS) is 9.53. The van der Waals surface area contributed by atoms with E-state index in [0.717, 1.165) is 16.8 Å². The van der Waals surface area contributed by atoms with E-state index in [1.807, 2.05) is 12.1 Å². The predicted molar refractivity (Wildman–Crippen MR) is 75.0 cm³/mol. The summed E-state index contributed by atoms with van der Waals surface area (Å²) in [6.45, 7) is 6.01. The molecule has 0 unspecified atom stereocenters. The number of benzene rings is 1. The van der Waals surface area contributed by atoms with E-state index in [2.05, 4.69) is 17.2 Å². The Morgan fingerprint density at radius 3 is 2.58 bits per heavy atom. The van der Waals surface area contributed by atoms with Crippen molar-refractivity contribution >= 4 is 17.7 Å². The molecule has 0 aliphatic carbocycles. The summed E-state index contributed by atoms with van der Waals surface area (Å²) in [7, 11) is 0. The molecule has 102 valence electrons. The summed E-state index contributed by atoms with van der Waals surface area (Å²) >= 11 is 0. The van der Waals surface area contributed by atoms with Gasteiger partial charge in [0.15, 0.2) is 5.96 Å². The van der Waals surface area contributed by atoms with Crippen LogP contribution in [-0.2, 0) is 11.3 Å². The molecule has 0 saturated carbocycles. The smallest absolute Gasteiger partial charge is 0.407 e. The number of nitrogens with one attached hydrogen (secondary N) is 3. The molecule has 1 amide bonds. The monoisotopic (exact) mass is 262 g/mol. The summed E-state index contributed by atoms with van der Waals surface area (Å²) in [5.41, 5.74) is 7.64. The number of rotatable bonds is 5. The number of amides is 1. The van der Waals surface area contributed by atoms with Gasteiger partial charge in [-0.05, 0) is 30.2 Å². The van der Waals surface area contributed by atoms with E-state index < -0.39 is 6.09 Å². The number of guanidine groups is 1. The number of alkyl carbamates (subject to hydrolysis) is 1. The van der Waals surface area contributed by atoms with Crippen molar-refractivity contribution in [2.24, 2.45) is 5.73 Å². The second-order valence-electron chi connectivity index (χ2n) is 4.12. The lowest BCUT2D eigenvalue weighted by Gasteiger charge is -2.08. The van der Waals surface area contributed by atoms with Crippen LogP contribution in [0.4, 0.5) is 10.5 Å². The van der Waals surface area contributed by atoms with E-state index in [1.165, 1.54) is 0 Å². The van der Waals surface area contributed by atoms with Crippen molar-refractivity contribution in [2.45, 2.75) is 13.5 Å². The van der Waals surface area contributed by atoms with Crippen LogP contribution in [0.15, 0.2) is 36.4 Å². The van der Waals surface area contributed by atoms with Crippen LogP contribution < -0.4 is 16.4 Å². The van der Waals surface area contributed by atoms with Gasteiger partial charge in [0, 0.05) is 12.2 Å². The SMILES string of the molecule is C=C(C)COC(=O)NCc1ccc(NC(=N)N)cc1. The molecule has 0 bridgehead atoms. The minimum atomic E-state index is -0.478. The van der Waals surface area contributed by atoms with Gasteiger partial charge < -0.3 is 21.1 Å². The number of anilines is 1. The Labute approximate surface area is 112 Å². The number of hydrogen-bond acceptors (Lipinski definition) is 3. The fourth-order valence-electron chi connectivity index (χ4n) is 1.28. The Bertz CT molecular complexity index is 468. The number of ether oxygens (including phenoxy) is 1. The molecule has 0 spiro atoms. The quantitative estimate of drug-likeness (QED) is 0.369. The molecule has 0 aliphatic heterocycles. The van der Waals surface area contributed by atoms with Gasteiger partial charge in [-0.25, -0.2) is 4.79 Å². The molecule has 6 nitrogen and oxygen atoms in total. The Morgan fingerprint density at radius 2 is 2.05 bits per heavy atom. The summed E-state index contributed by atoms with van der Waals surface area (Å²) < 4.78 is 4.89. The van der Waals surface area contributed by atoms with Crippen LogP contribution in [0.1, 0.15) is 12.5 Å². The van der Waals surface area contributed by atoms with Gasteiger partial charge in [-0.1, -0.05) is 18.7 Å². The summed E-state index contributed by atoms with van der Waals surface area (Å²) in [5, 5.41) is 12.4. The number of nitrogens with two attached hydrogens (primary N) is 1. The Balaban J connectivity index is 2.39. The lowest BCUT2D eigenvalue weighted by atomic mass is 10.2. The van der Waals surface area contributed by atoms with Gasteiger partial charge >= 0.3 is 6.09 Å². The van der Waals surface area contributed by atoms with Crippen molar-refractivity contribution in [1.82, 2.24) is 5.32 Å². The van der Waals surface area contributed by atoms with E-state index in [1.54, 1.807) is 19.1 Å². The third kappa shape index (κ3) is 6.11. The molecule has 1 aromatic carbocycles. The molecule has 0 atom stereocenters. The van der Waals surface area contributed by atoms with E-state index >= 15 is 0 Å². The molecule has 0 saturated heterocycles. The van der Waals surface area contributed by atoms with Gasteiger partial charge in [0.2, 0.25) is 0 Å². The van der Waals surface area contributed by atoms with Crippen molar-refractivity contribution in [3.63, 3.8) is 0 Å². The molecule has 19 heavy (non-hydrogen) atoms. The van der Waals surface area contributed by atoms with Gasteiger partial charge in [0.1, 0.15) is 6.61 Å². The highest BCUT2D eigenvalue weighted by Gasteiger charge is 2.02. The molecule has 1 aromatic rings. The maximum Gasteiger partial charge on any atom is 0.407 e. The second kappa shape index (κ2) is 7.05. The largest absolute Gasteiger partial charge is 0.445 e. The zero-order chi connectivity index (χ0) is 14.3. The van der Waals surface area contributed by atoms with Crippen LogP contribution in [0.5, 0.6) is 0 Å². The van der Waals surface area contributed by atoms with Gasteiger partial charge in [0.05, 0.1) is 0 Å². The van der Waals surface area contributed by atoms with Crippen molar-refractivity contribution in [3.05, 3.63) is 42.0 Å². The molecule has 0 radical (unpaired) electrons. The zero-order valence-electron chi connectivity index (χ0n) is 10.8. The molecule has 6 heteroatoms. The van der Waals surface area contributed by atoms with Crippen molar-refractivity contribution in [1.29, 1.82) is 5.41 Å². The van der Waals surface area contributed by atoms with E-state index in [-0.39, 0.29) is 12.6 Å². The Kier molecular flexibility index (Phi) is 5.40. The van der Waals surface area contributed by atoms with Crippen LogP contribution >= 0.6 is 0 Å². The summed E-state index contributed by atoms with van der Waals surface area (Å²) in [6, 6.07) is 7.20. The topological polar surface area (TPSA) is 100 Å². The number of hydrogen-bond donors (Lipinski definition) is 4. The molecule has 5 N–H and O–H groups in total. The minimum absolute atomic E-state index is 0.116. The first-order valence-electron chi connectivity index (χ1n) is 5.72. The van der Waals surface area contributed by atoms with Crippen molar-refractivity contribution in [2.75, 3.05) is 11.9 Å². The van der Waals surface area contributed by atoms with Gasteiger partial charge in [-0.15, -0.1) is 0 Å². The molecule has 0 heterocycles. The van der Waals surface area contributed by atoms with Crippen LogP contribution in [0, 0.1) is 5.41 Å². The van der Waals surface area contributed by atoms with Crippen LogP contribution in [-0.4, -0.2) is 18.7 Å². The number of carbonyl (C=O) groups is 1. The van der Waals surface area contributed by atoms with Crippen LogP contribution in [0.3, 0.4) is 0 Å². The van der Waals surface area contributed by atoms with E-state index in [0.29, 0.717) is 6.54 Å². The Morgan fingerprint density at radius 1 is 1.42 bits per heavy atom. The Hall–Kier alpha value is -2.50. The highest BCUT2D eigenvalue weighted by Crippen LogP contribution is 2.08. The van der Waals surface area contributed by atoms with E-state index in [4.69, 9.17) is 15.9 Å². The van der Waals surface area contributed by atoms with Crippen molar-refractivity contribution in [3.8, 4) is 0 Å². The molecular formula is C13H18N4O2. The van der Waals surface area contributed by atoms with Gasteiger partial charge in [-0.3, -0.25) is 5.41 Å². The minimum Gasteiger partial charge on any atom is -0.445 e. The summed E-state index contributed by atoms with van der Waals surface area (Å²) in [6.07, 6.45) is -0.478. The molecular weight excluding hydrogens is 244 g/mol. The third-order valence-corrected chi connectivity index (χ3v) is 2.12. The summed E-state index contributed by atoms with van der Waals surface area (Å²) in [4.78, 5) is 11.3. The lowest BCUT2D eigenvalue weighted by Crippen LogP contribution is -2.24. The first-order chi connectivity index (χ1) is 8.97. The predicted octanol–water partition coefficient (Wildman–Crippen LogP) is 1.79. The maximum absolute atomic E-state index is 11.3. The van der Waals surface area contributed by atoms with Crippen LogP contribution in [0.2, 0.25) is 0 Å². The maximum atomic E-state index is 11.3. The van der Waals surface area contributed by atoms with Crippen LogP contribution in [0.25, 0.3) is 0 Å². The zero-order valence-corrected chi connectivity index (χ0v) is 10.8. The third-order valence-electron chi connectivity index (χ3n) is 2.12. The highest BCUT2D eigenvalue weighted by molar-refractivity contribution is 5.89. The summed E-state index contributed by atoms with van der Waals surface area (Å²) in [5.74, 6) is -0.116. The average Bonchev–Trinajstić information content (AvgIpc) is 2.35. The molecule has 0 aliphatic rings. The fourth-order valence-corrected chi connectivity index (χ4v) is 1.28. The van der Waals surface area contributed by atoms with Gasteiger partial charge in [0.25, 0.3) is 0 Å². The van der Waals surface area contributed by atoms with Crippen molar-refractivity contribution < 1.29 is 9.53 Å². The number of carbonyl (C=O) groups excluding carboxylic acids is 1. The molecule has 1 rings (SSSR count). The lowest BCUT2D eigenvalue weighted by molar-refractivity contribution is 0.155. The second-order valence-corrected chi connectivity index (χ2v) is 4.12. The fraction of sp³-hybridized carbons (Fsp3) is 0.231.